The molecule has 0 aliphatic carbocycles. The molecule has 0 fully saturated rings. The summed E-state index contributed by atoms with van der Waals surface area (Å²) in [6.07, 6.45) is 1.93. The molecule has 2 heterocycles. The summed E-state index contributed by atoms with van der Waals surface area (Å²) < 4.78 is 17.4. The second kappa shape index (κ2) is 8.57. The van der Waals surface area contributed by atoms with Crippen molar-refractivity contribution in [2.75, 3.05) is 21.3 Å². The molecule has 4 rings (SSSR count). The highest BCUT2D eigenvalue weighted by atomic mass is 32.1. The van der Waals surface area contributed by atoms with Gasteiger partial charge in [0.2, 0.25) is 4.96 Å². The van der Waals surface area contributed by atoms with Gasteiger partial charge in [-0.15, -0.1) is 0 Å². The largest absolute Gasteiger partial charge is 0.497 e. The van der Waals surface area contributed by atoms with Gasteiger partial charge < -0.3 is 14.2 Å². The van der Waals surface area contributed by atoms with Crippen molar-refractivity contribution in [3.05, 3.63) is 84.5 Å². The van der Waals surface area contributed by atoms with Crippen LogP contribution in [0.15, 0.2) is 52.1 Å². The molecule has 2 aromatic heterocycles. The number of fused-ring (bicyclic) bond motifs is 1. The summed E-state index contributed by atoms with van der Waals surface area (Å²) in [5.74, 6) is 1.82. The van der Waals surface area contributed by atoms with E-state index in [1.54, 1.807) is 32.4 Å². The van der Waals surface area contributed by atoms with Gasteiger partial charge in [-0.2, -0.15) is 14.6 Å². The van der Waals surface area contributed by atoms with Crippen LogP contribution in [0.25, 0.3) is 11.0 Å². The fraction of sp³-hybridized carbons (Fsp3) is 0.182. The maximum atomic E-state index is 12.9. The molecule has 0 bridgehead atoms. The number of benzene rings is 2. The second-order valence-electron chi connectivity index (χ2n) is 6.62. The van der Waals surface area contributed by atoms with Gasteiger partial charge in [0.15, 0.2) is 11.5 Å². The Balaban J connectivity index is 1.75. The molecule has 31 heavy (non-hydrogen) atoms. The zero-order valence-corrected chi connectivity index (χ0v) is 17.9. The van der Waals surface area contributed by atoms with E-state index < -0.39 is 5.56 Å². The molecule has 0 N–H and O–H groups in total. The average molecular weight is 437 g/mol. The van der Waals surface area contributed by atoms with Crippen LogP contribution < -0.4 is 29.9 Å². The maximum absolute atomic E-state index is 12.9. The van der Waals surface area contributed by atoms with Crippen LogP contribution in [-0.2, 0) is 6.42 Å². The van der Waals surface area contributed by atoms with Crippen LogP contribution in [0.1, 0.15) is 16.8 Å². The molecule has 2 aromatic carbocycles. The number of ether oxygens (including phenoxy) is 3. The fourth-order valence-electron chi connectivity index (χ4n) is 3.12. The smallest absolute Gasteiger partial charge is 0.296 e. The van der Waals surface area contributed by atoms with Crippen LogP contribution in [0.4, 0.5) is 0 Å². The maximum Gasteiger partial charge on any atom is 0.296 e. The van der Waals surface area contributed by atoms with Crippen molar-refractivity contribution < 1.29 is 14.2 Å². The molecular formula is C22H19N3O5S. The second-order valence-corrected chi connectivity index (χ2v) is 7.63. The minimum atomic E-state index is -0.469. The monoisotopic (exact) mass is 437 g/mol. The quantitative estimate of drug-likeness (QED) is 0.453. The van der Waals surface area contributed by atoms with Gasteiger partial charge in [-0.25, -0.2) is 0 Å². The summed E-state index contributed by atoms with van der Waals surface area (Å²) in [5, 5.41) is 4.29. The van der Waals surface area contributed by atoms with E-state index in [2.05, 4.69) is 10.1 Å². The number of hydrogen-bond acceptors (Lipinski definition) is 8. The van der Waals surface area contributed by atoms with E-state index in [0.29, 0.717) is 21.8 Å². The molecular weight excluding hydrogens is 418 g/mol. The van der Waals surface area contributed by atoms with Crippen LogP contribution in [-0.4, -0.2) is 35.9 Å². The van der Waals surface area contributed by atoms with E-state index in [-0.39, 0.29) is 22.6 Å². The lowest BCUT2D eigenvalue weighted by Gasteiger charge is -2.09. The minimum Gasteiger partial charge on any atom is -0.497 e. The number of aromatic nitrogens is 3. The van der Waals surface area contributed by atoms with Crippen LogP contribution in [0.3, 0.4) is 0 Å². The summed E-state index contributed by atoms with van der Waals surface area (Å²) in [7, 11) is 4.67. The highest BCUT2D eigenvalue weighted by Gasteiger charge is 2.13. The number of rotatable bonds is 6. The van der Waals surface area contributed by atoms with Crippen LogP contribution in [0, 0.1) is 0 Å². The number of thiazole rings is 1. The van der Waals surface area contributed by atoms with Gasteiger partial charge in [-0.3, -0.25) is 9.59 Å². The fourth-order valence-corrected chi connectivity index (χ4v) is 4.02. The number of nitrogens with zero attached hydrogens (tertiary/aromatic N) is 3. The Labute approximate surface area is 181 Å². The topological polar surface area (TPSA) is 92.0 Å². The van der Waals surface area contributed by atoms with Gasteiger partial charge in [0.05, 0.1) is 25.9 Å². The van der Waals surface area contributed by atoms with Crippen molar-refractivity contribution in [3.8, 4) is 17.2 Å². The highest BCUT2D eigenvalue weighted by Crippen LogP contribution is 2.28. The molecule has 0 amide bonds. The summed E-state index contributed by atoms with van der Waals surface area (Å²) >= 11 is 1.12. The third kappa shape index (κ3) is 4.13. The van der Waals surface area contributed by atoms with Crippen LogP contribution in [0.5, 0.6) is 17.2 Å². The normalized spacial score (nSPS) is 11.6. The van der Waals surface area contributed by atoms with Crippen molar-refractivity contribution in [1.82, 2.24) is 14.6 Å². The van der Waals surface area contributed by atoms with Crippen molar-refractivity contribution in [2.45, 2.75) is 6.42 Å². The summed E-state index contributed by atoms with van der Waals surface area (Å²) in [4.78, 5) is 29.7. The first kappa shape index (κ1) is 20.5. The van der Waals surface area contributed by atoms with E-state index in [4.69, 9.17) is 14.2 Å². The standard InChI is InChI=1S/C22H19N3O5S/c1-28-15-6-4-5-13(9-15)12-19-21(27)25-22(31-19)23-20(26)16(24-25)10-14-7-8-17(29-2)18(11-14)30-3/h4-9,11-12H,10H2,1-3H3/b19-12-. The van der Waals surface area contributed by atoms with E-state index in [1.807, 2.05) is 30.3 Å². The first-order chi connectivity index (χ1) is 15.0. The highest BCUT2D eigenvalue weighted by molar-refractivity contribution is 7.15. The molecule has 0 saturated heterocycles. The van der Waals surface area contributed by atoms with Crippen molar-refractivity contribution in [1.29, 1.82) is 0 Å². The number of methoxy groups -OCH3 is 3. The van der Waals surface area contributed by atoms with E-state index in [0.717, 1.165) is 22.5 Å². The molecule has 0 atom stereocenters. The molecule has 9 heteroatoms. The van der Waals surface area contributed by atoms with Gasteiger partial charge in [0, 0.05) is 6.42 Å². The summed E-state index contributed by atoms with van der Waals surface area (Å²) in [6.45, 7) is 0. The Morgan fingerprint density at radius 3 is 2.55 bits per heavy atom. The predicted octanol–water partition coefficient (Wildman–Crippen LogP) is 1.68. The SMILES string of the molecule is COc1cccc(/C=c2\sc3nc(=O)c(Cc4ccc(OC)c(OC)c4)nn3c2=O)c1. The Bertz CT molecular complexity index is 1430. The molecule has 0 aliphatic heterocycles. The number of hydrogen-bond donors (Lipinski definition) is 0. The predicted molar refractivity (Wildman–Crippen MR) is 118 cm³/mol. The molecule has 0 radical (unpaired) electrons. The van der Waals surface area contributed by atoms with Crippen LogP contribution >= 0.6 is 11.3 Å². The van der Waals surface area contributed by atoms with Gasteiger partial charge in [0.1, 0.15) is 11.4 Å². The third-order valence-corrected chi connectivity index (χ3v) is 5.62. The Hall–Kier alpha value is -3.72. The van der Waals surface area contributed by atoms with Crippen molar-refractivity contribution in [3.63, 3.8) is 0 Å². The van der Waals surface area contributed by atoms with E-state index in [9.17, 15) is 9.59 Å². The lowest BCUT2D eigenvalue weighted by Crippen LogP contribution is -2.28. The molecule has 0 spiro atoms. The zero-order chi connectivity index (χ0) is 22.0. The Morgan fingerprint density at radius 2 is 1.81 bits per heavy atom. The lowest BCUT2D eigenvalue weighted by atomic mass is 10.1. The molecule has 0 saturated carbocycles. The third-order valence-electron chi connectivity index (χ3n) is 4.66. The Kier molecular flexibility index (Phi) is 5.68. The molecule has 0 unspecified atom stereocenters. The van der Waals surface area contributed by atoms with Crippen LogP contribution in [0.2, 0.25) is 0 Å². The molecule has 158 valence electrons. The molecule has 4 aromatic rings. The molecule has 8 nitrogen and oxygen atoms in total. The summed E-state index contributed by atoms with van der Waals surface area (Å²) in [6, 6.07) is 12.7. The van der Waals surface area contributed by atoms with Gasteiger partial charge in [0.25, 0.3) is 11.1 Å². The van der Waals surface area contributed by atoms with Gasteiger partial charge in [-0.05, 0) is 41.5 Å². The lowest BCUT2D eigenvalue weighted by molar-refractivity contribution is 0.354. The minimum absolute atomic E-state index is 0.174. The summed E-state index contributed by atoms with van der Waals surface area (Å²) in [5.41, 5.74) is 0.965. The molecule has 0 aliphatic rings. The zero-order valence-electron chi connectivity index (χ0n) is 17.1. The van der Waals surface area contributed by atoms with E-state index >= 15 is 0 Å². The van der Waals surface area contributed by atoms with Crippen molar-refractivity contribution in [2.24, 2.45) is 0 Å². The van der Waals surface area contributed by atoms with E-state index in [1.165, 1.54) is 11.6 Å². The Morgan fingerprint density at radius 1 is 1.00 bits per heavy atom. The van der Waals surface area contributed by atoms with Gasteiger partial charge in [-0.1, -0.05) is 29.5 Å². The average Bonchev–Trinajstić information content (AvgIpc) is 3.08. The first-order valence-electron chi connectivity index (χ1n) is 9.32. The van der Waals surface area contributed by atoms with Gasteiger partial charge >= 0.3 is 0 Å². The van der Waals surface area contributed by atoms with Crippen molar-refractivity contribution >= 4 is 22.4 Å². The first-order valence-corrected chi connectivity index (χ1v) is 10.1.